The number of benzene rings is 2. The largest absolute Gasteiger partial charge is 0.322 e. The van der Waals surface area contributed by atoms with Gasteiger partial charge in [-0.3, -0.25) is 4.79 Å². The molecule has 1 N–H and O–H groups in total. The molecule has 0 saturated carbocycles. The van der Waals surface area contributed by atoms with Crippen LogP contribution in [-0.4, -0.2) is 66.0 Å². The van der Waals surface area contributed by atoms with Crippen LogP contribution in [0.5, 0.6) is 0 Å². The molecule has 186 valence electrons. The Labute approximate surface area is 205 Å². The fourth-order valence-electron chi connectivity index (χ4n) is 4.24. The molecule has 4 rings (SSSR count). The van der Waals surface area contributed by atoms with Crippen molar-refractivity contribution in [2.75, 3.05) is 38.0 Å². The number of hydrogen-bond acceptors (Lipinski definition) is 5. The van der Waals surface area contributed by atoms with Crippen molar-refractivity contribution < 1.29 is 17.6 Å². The van der Waals surface area contributed by atoms with Gasteiger partial charge in [0.2, 0.25) is 10.0 Å². The van der Waals surface area contributed by atoms with E-state index in [2.05, 4.69) is 22.2 Å². The molecule has 1 fully saturated rings. The second-order valence-electron chi connectivity index (χ2n) is 8.81. The number of halogens is 1. The lowest BCUT2D eigenvalue weighted by atomic mass is 10.0. The van der Waals surface area contributed by atoms with E-state index in [4.69, 9.17) is 0 Å². The van der Waals surface area contributed by atoms with E-state index < -0.39 is 15.9 Å². The van der Waals surface area contributed by atoms with Gasteiger partial charge in [-0.1, -0.05) is 26.8 Å². The van der Waals surface area contributed by atoms with Crippen LogP contribution in [-0.2, 0) is 10.0 Å². The molecule has 1 aliphatic rings. The van der Waals surface area contributed by atoms with Crippen LogP contribution in [0.25, 0.3) is 5.69 Å². The van der Waals surface area contributed by atoms with Crippen molar-refractivity contribution in [1.29, 1.82) is 0 Å². The number of nitrogens with one attached hydrogen (secondary N) is 1. The lowest BCUT2D eigenvalue weighted by Gasteiger charge is -2.33. The molecule has 1 amide bonds. The Morgan fingerprint density at radius 3 is 2.40 bits per heavy atom. The van der Waals surface area contributed by atoms with Gasteiger partial charge in [0.1, 0.15) is 5.82 Å². The molecule has 1 aliphatic heterocycles. The normalized spacial score (nSPS) is 15.5. The predicted molar refractivity (Wildman–Crippen MR) is 133 cm³/mol. The van der Waals surface area contributed by atoms with Crippen LogP contribution >= 0.6 is 0 Å². The van der Waals surface area contributed by atoms with Gasteiger partial charge in [-0.25, -0.2) is 17.5 Å². The maximum absolute atomic E-state index is 13.4. The topological polar surface area (TPSA) is 87.5 Å². The number of aromatic nitrogens is 2. The molecule has 2 aromatic carbocycles. The molecule has 1 aromatic heterocycles. The minimum atomic E-state index is -3.67. The second-order valence-corrected chi connectivity index (χ2v) is 10.7. The number of amides is 1. The summed E-state index contributed by atoms with van der Waals surface area (Å²) in [5, 5.41) is 7.17. The molecule has 35 heavy (non-hydrogen) atoms. The number of likely N-dealkylation sites (N-methyl/N-ethyl adjacent to an activating group) is 1. The number of nitrogens with zero attached hydrogens (tertiary/aromatic N) is 4. The quantitative estimate of drug-likeness (QED) is 0.536. The molecule has 0 bridgehead atoms. The van der Waals surface area contributed by atoms with E-state index in [1.165, 1.54) is 28.7 Å². The molecule has 0 aliphatic carbocycles. The number of sulfonamides is 1. The summed E-state index contributed by atoms with van der Waals surface area (Å²) in [7, 11) is -3.67. The Hall–Kier alpha value is -3.08. The zero-order valence-corrected chi connectivity index (χ0v) is 20.9. The first-order valence-electron chi connectivity index (χ1n) is 11.7. The number of hydrogen-bond donors (Lipinski definition) is 1. The fourth-order valence-corrected chi connectivity index (χ4v) is 5.71. The molecule has 0 radical (unpaired) electrons. The van der Waals surface area contributed by atoms with E-state index in [0.717, 1.165) is 6.54 Å². The molecule has 0 atom stereocenters. The average Bonchev–Trinajstić information content (AvgIpc) is 3.30. The van der Waals surface area contributed by atoms with Crippen molar-refractivity contribution in [3.63, 3.8) is 0 Å². The molecule has 1 saturated heterocycles. The third-order valence-corrected chi connectivity index (χ3v) is 8.07. The van der Waals surface area contributed by atoms with Crippen molar-refractivity contribution in [1.82, 2.24) is 19.0 Å². The van der Waals surface area contributed by atoms with Gasteiger partial charge in [0.05, 0.1) is 28.0 Å². The Morgan fingerprint density at radius 2 is 1.77 bits per heavy atom. The van der Waals surface area contributed by atoms with E-state index in [9.17, 15) is 17.6 Å². The first-order valence-corrected chi connectivity index (χ1v) is 13.1. The highest BCUT2D eigenvalue weighted by Crippen LogP contribution is 2.25. The van der Waals surface area contributed by atoms with Crippen LogP contribution in [0.4, 0.5) is 10.1 Å². The van der Waals surface area contributed by atoms with Gasteiger partial charge in [0.15, 0.2) is 0 Å². The van der Waals surface area contributed by atoms with Crippen LogP contribution in [0.2, 0.25) is 0 Å². The zero-order valence-electron chi connectivity index (χ0n) is 20.1. The highest BCUT2D eigenvalue weighted by atomic mass is 32.2. The van der Waals surface area contributed by atoms with Crippen molar-refractivity contribution in [2.24, 2.45) is 0 Å². The first kappa shape index (κ1) is 25.0. The second kappa shape index (κ2) is 10.3. The van der Waals surface area contributed by atoms with Crippen LogP contribution in [0.1, 0.15) is 42.7 Å². The Bertz CT molecular complexity index is 1300. The van der Waals surface area contributed by atoms with Gasteiger partial charge in [-0.05, 0) is 54.9 Å². The summed E-state index contributed by atoms with van der Waals surface area (Å²) in [5.74, 6) is -0.794. The first-order chi connectivity index (χ1) is 16.7. The summed E-state index contributed by atoms with van der Waals surface area (Å²) in [6.07, 6.45) is 1.47. The third-order valence-electron chi connectivity index (χ3n) is 6.18. The van der Waals surface area contributed by atoms with Crippen LogP contribution in [0, 0.1) is 5.82 Å². The summed E-state index contributed by atoms with van der Waals surface area (Å²) in [4.78, 5) is 15.5. The summed E-state index contributed by atoms with van der Waals surface area (Å²) >= 11 is 0. The summed E-state index contributed by atoms with van der Waals surface area (Å²) < 4.78 is 42.8. The zero-order chi connectivity index (χ0) is 25.2. The minimum Gasteiger partial charge on any atom is -0.322 e. The van der Waals surface area contributed by atoms with Gasteiger partial charge in [-0.15, -0.1) is 0 Å². The maximum atomic E-state index is 13.4. The van der Waals surface area contributed by atoms with E-state index in [1.807, 2.05) is 13.8 Å². The molecular weight excluding hydrogens is 469 g/mol. The fraction of sp³-hybridized carbons (Fsp3) is 0.360. The van der Waals surface area contributed by atoms with Crippen molar-refractivity contribution in [3.05, 3.63) is 71.8 Å². The van der Waals surface area contributed by atoms with Crippen LogP contribution in [0.15, 0.2) is 59.6 Å². The summed E-state index contributed by atoms with van der Waals surface area (Å²) in [5.41, 5.74) is 2.07. The molecule has 0 spiro atoms. The lowest BCUT2D eigenvalue weighted by Crippen LogP contribution is -2.48. The van der Waals surface area contributed by atoms with Gasteiger partial charge in [0.25, 0.3) is 5.91 Å². The van der Waals surface area contributed by atoms with Crippen molar-refractivity contribution in [2.45, 2.75) is 31.6 Å². The third kappa shape index (κ3) is 5.29. The molecular formula is C25H30FN5O3S. The van der Waals surface area contributed by atoms with Crippen molar-refractivity contribution in [3.8, 4) is 5.69 Å². The Morgan fingerprint density at radius 1 is 1.09 bits per heavy atom. The Balaban J connectivity index is 1.56. The van der Waals surface area contributed by atoms with Gasteiger partial charge >= 0.3 is 0 Å². The van der Waals surface area contributed by atoms with Gasteiger partial charge < -0.3 is 10.2 Å². The van der Waals surface area contributed by atoms with E-state index in [0.29, 0.717) is 48.8 Å². The standard InChI is InChI=1S/C25H30FN5O3S/c1-4-29-12-14-30(15-13-29)35(33,34)22-7-5-6-20(16-22)28-25(32)23-17-27-31(24(23)18(2)3)21-10-8-19(26)9-11-21/h5-11,16-18H,4,12-15H2,1-3H3,(H,28,32). The van der Waals surface area contributed by atoms with Crippen LogP contribution in [0.3, 0.4) is 0 Å². The highest BCUT2D eigenvalue weighted by Gasteiger charge is 2.28. The number of carbonyl (C=O) groups is 1. The number of rotatable bonds is 7. The number of anilines is 1. The molecule has 3 aromatic rings. The summed E-state index contributed by atoms with van der Waals surface area (Å²) in [6.45, 7) is 9.11. The molecule has 0 unspecified atom stereocenters. The minimum absolute atomic E-state index is 0.0446. The Kier molecular flexibility index (Phi) is 7.34. The maximum Gasteiger partial charge on any atom is 0.259 e. The van der Waals surface area contributed by atoms with Gasteiger partial charge in [-0.2, -0.15) is 9.40 Å². The molecule has 2 heterocycles. The van der Waals surface area contributed by atoms with E-state index >= 15 is 0 Å². The molecule has 8 nitrogen and oxygen atoms in total. The number of piperazine rings is 1. The SMILES string of the molecule is CCN1CCN(S(=O)(=O)c2cccc(NC(=O)c3cnn(-c4ccc(F)cc4)c3C(C)C)c2)CC1. The predicted octanol–water partition coefficient (Wildman–Crippen LogP) is 3.71. The lowest BCUT2D eigenvalue weighted by molar-refractivity contribution is 0.102. The average molecular weight is 500 g/mol. The van der Waals surface area contributed by atoms with E-state index in [1.54, 1.807) is 35.0 Å². The summed E-state index contributed by atoms with van der Waals surface area (Å²) in [6, 6.07) is 12.2. The molecule has 10 heteroatoms. The van der Waals surface area contributed by atoms with Crippen molar-refractivity contribution >= 4 is 21.6 Å². The number of carbonyl (C=O) groups excluding carboxylic acids is 1. The highest BCUT2D eigenvalue weighted by molar-refractivity contribution is 7.89. The monoisotopic (exact) mass is 499 g/mol. The van der Waals surface area contributed by atoms with Crippen LogP contribution < -0.4 is 5.32 Å². The smallest absolute Gasteiger partial charge is 0.259 e. The van der Waals surface area contributed by atoms with Gasteiger partial charge in [0, 0.05) is 31.9 Å². The van der Waals surface area contributed by atoms with E-state index in [-0.39, 0.29) is 16.6 Å².